The molecule has 142 valence electrons. The van der Waals surface area contributed by atoms with E-state index in [4.69, 9.17) is 11.5 Å². The molecule has 2 heteroatoms. The first-order valence-electron chi connectivity index (χ1n) is 9.40. The average Bonchev–Trinajstić information content (AvgIpc) is 2.71. The fourth-order valence-corrected chi connectivity index (χ4v) is 0.906. The molecular formula is C22H44N2. The fraction of sp³-hybridized carbons (Fsp3) is 0.455. The molecule has 24 heavy (non-hydrogen) atoms. The Morgan fingerprint density at radius 3 is 0.625 bits per heavy atom. The van der Waals surface area contributed by atoms with Gasteiger partial charge >= 0.3 is 0 Å². The number of hydrogen-bond donors (Lipinski definition) is 2. The van der Waals surface area contributed by atoms with Gasteiger partial charge in [-0.3, -0.25) is 0 Å². The minimum atomic E-state index is 0.822. The molecule has 0 radical (unpaired) electrons. The van der Waals surface area contributed by atoms with Crippen molar-refractivity contribution in [1.82, 2.24) is 0 Å². The summed E-state index contributed by atoms with van der Waals surface area (Å²) in [5, 5.41) is 0. The Balaban J connectivity index is -0.0000000666. The summed E-state index contributed by atoms with van der Waals surface area (Å²) >= 11 is 0. The van der Waals surface area contributed by atoms with E-state index in [1.54, 1.807) is 0 Å². The highest BCUT2D eigenvalue weighted by atomic mass is 14.5. The largest absolute Gasteiger partial charge is 0.399 e. The van der Waals surface area contributed by atoms with Crippen LogP contribution in [0, 0.1) is 0 Å². The Hall–Kier alpha value is -1.96. The van der Waals surface area contributed by atoms with E-state index in [9.17, 15) is 0 Å². The van der Waals surface area contributed by atoms with Crippen LogP contribution in [-0.2, 0) is 0 Å². The summed E-state index contributed by atoms with van der Waals surface area (Å²) in [6.45, 7) is 20.0. The van der Waals surface area contributed by atoms with Gasteiger partial charge in [0.2, 0.25) is 0 Å². The number of anilines is 2. The van der Waals surface area contributed by atoms with Gasteiger partial charge in [0.15, 0.2) is 0 Å². The van der Waals surface area contributed by atoms with E-state index in [0.717, 1.165) is 11.4 Å². The maximum Gasteiger partial charge on any atom is 0.0313 e. The van der Waals surface area contributed by atoms with E-state index in [1.165, 1.54) is 0 Å². The molecule has 0 bridgehead atoms. The predicted molar refractivity (Wildman–Crippen MR) is 118 cm³/mol. The van der Waals surface area contributed by atoms with Crippen molar-refractivity contribution in [2.24, 2.45) is 0 Å². The molecule has 4 N–H and O–H groups in total. The molecule has 2 aromatic carbocycles. The molecular weight excluding hydrogens is 292 g/mol. The van der Waals surface area contributed by atoms with Crippen molar-refractivity contribution in [2.45, 2.75) is 69.2 Å². The van der Waals surface area contributed by atoms with Crippen LogP contribution in [0.1, 0.15) is 69.2 Å². The van der Waals surface area contributed by atoms with Gasteiger partial charge < -0.3 is 11.5 Å². The van der Waals surface area contributed by atoms with E-state index in [0.29, 0.717) is 0 Å². The maximum atomic E-state index is 5.36. The molecule has 0 saturated heterocycles. The number of nitrogens with two attached hydrogens (primary N) is 2. The SMILES string of the molecule is CC.CC.CC.CC.CC.Nc1ccccc1.Nc1ccccc1. The van der Waals surface area contributed by atoms with Crippen LogP contribution in [0.2, 0.25) is 0 Å². The summed E-state index contributed by atoms with van der Waals surface area (Å²) in [4.78, 5) is 0. The molecule has 0 aliphatic heterocycles. The smallest absolute Gasteiger partial charge is 0.0313 e. The van der Waals surface area contributed by atoms with Crippen molar-refractivity contribution in [3.8, 4) is 0 Å². The molecule has 0 unspecified atom stereocenters. The average molecular weight is 337 g/mol. The second-order valence-electron chi connectivity index (χ2n) is 2.82. The minimum absolute atomic E-state index is 0.822. The number of para-hydroxylation sites is 2. The molecule has 0 amide bonds. The van der Waals surface area contributed by atoms with E-state index in [-0.39, 0.29) is 0 Å². The molecule has 0 aliphatic carbocycles. The standard InChI is InChI=1S/2C6H7N.5C2H6/c2*7-6-4-2-1-3-5-6;5*1-2/h2*1-5H,7H2;5*1-2H3. The maximum absolute atomic E-state index is 5.36. The Kier molecular flexibility index (Phi) is 60.0. The van der Waals surface area contributed by atoms with Gasteiger partial charge in [-0.1, -0.05) is 106 Å². The van der Waals surface area contributed by atoms with Gasteiger partial charge in [-0.25, -0.2) is 0 Å². The monoisotopic (exact) mass is 336 g/mol. The molecule has 0 spiro atoms. The van der Waals surface area contributed by atoms with E-state index < -0.39 is 0 Å². The lowest BCUT2D eigenvalue weighted by Gasteiger charge is -1.83. The highest BCUT2D eigenvalue weighted by Crippen LogP contribution is 1.96. The van der Waals surface area contributed by atoms with Crippen molar-refractivity contribution in [1.29, 1.82) is 0 Å². The van der Waals surface area contributed by atoms with Gasteiger partial charge in [0.1, 0.15) is 0 Å². The van der Waals surface area contributed by atoms with Crippen LogP contribution in [0.15, 0.2) is 60.7 Å². The highest BCUT2D eigenvalue weighted by molar-refractivity contribution is 5.36. The zero-order valence-corrected chi connectivity index (χ0v) is 17.9. The molecule has 2 aromatic rings. The Morgan fingerprint density at radius 2 is 0.542 bits per heavy atom. The van der Waals surface area contributed by atoms with Crippen LogP contribution < -0.4 is 11.5 Å². The first-order chi connectivity index (χ1) is 11.8. The predicted octanol–water partition coefficient (Wildman–Crippen LogP) is 7.67. The lowest BCUT2D eigenvalue weighted by Crippen LogP contribution is -1.79. The molecule has 0 aromatic heterocycles. The van der Waals surface area contributed by atoms with Crippen molar-refractivity contribution in [2.75, 3.05) is 11.5 Å². The second-order valence-corrected chi connectivity index (χ2v) is 2.82. The van der Waals surface area contributed by atoms with E-state index in [1.807, 2.05) is 130 Å². The van der Waals surface area contributed by atoms with Crippen LogP contribution in [-0.4, -0.2) is 0 Å². The topological polar surface area (TPSA) is 52.0 Å². The Labute approximate surface area is 153 Å². The summed E-state index contributed by atoms with van der Waals surface area (Å²) in [6.07, 6.45) is 0. The molecule has 0 fully saturated rings. The van der Waals surface area contributed by atoms with Crippen molar-refractivity contribution < 1.29 is 0 Å². The molecule has 0 saturated carbocycles. The van der Waals surface area contributed by atoms with Gasteiger partial charge in [-0.05, 0) is 24.3 Å². The van der Waals surface area contributed by atoms with E-state index in [2.05, 4.69) is 0 Å². The summed E-state index contributed by atoms with van der Waals surface area (Å²) < 4.78 is 0. The third kappa shape index (κ3) is 36.9. The summed E-state index contributed by atoms with van der Waals surface area (Å²) in [7, 11) is 0. The molecule has 0 aliphatic rings. The first kappa shape index (κ1) is 33.6. The van der Waals surface area contributed by atoms with Crippen molar-refractivity contribution >= 4 is 11.4 Å². The van der Waals surface area contributed by atoms with E-state index >= 15 is 0 Å². The molecule has 2 rings (SSSR count). The second kappa shape index (κ2) is 42.9. The Bertz CT molecular complexity index is 307. The molecule has 2 nitrogen and oxygen atoms in total. The van der Waals surface area contributed by atoms with Crippen LogP contribution in [0.3, 0.4) is 0 Å². The number of rotatable bonds is 0. The minimum Gasteiger partial charge on any atom is -0.399 e. The van der Waals surface area contributed by atoms with Gasteiger partial charge in [0, 0.05) is 11.4 Å². The zero-order valence-electron chi connectivity index (χ0n) is 17.9. The summed E-state index contributed by atoms with van der Waals surface area (Å²) in [5.41, 5.74) is 12.4. The highest BCUT2D eigenvalue weighted by Gasteiger charge is 1.72. The lowest BCUT2D eigenvalue weighted by atomic mass is 10.3. The zero-order chi connectivity index (χ0) is 20.2. The quantitative estimate of drug-likeness (QED) is 0.485. The number of hydrogen-bond acceptors (Lipinski definition) is 2. The van der Waals surface area contributed by atoms with Crippen LogP contribution in [0.5, 0.6) is 0 Å². The molecule has 0 heterocycles. The first-order valence-corrected chi connectivity index (χ1v) is 9.40. The number of nitrogen functional groups attached to an aromatic ring is 2. The van der Waals surface area contributed by atoms with Crippen molar-refractivity contribution in [3.05, 3.63) is 60.7 Å². The van der Waals surface area contributed by atoms with Gasteiger partial charge in [0.05, 0.1) is 0 Å². The number of benzene rings is 2. The van der Waals surface area contributed by atoms with Crippen LogP contribution >= 0.6 is 0 Å². The third-order valence-corrected chi connectivity index (χ3v) is 1.60. The van der Waals surface area contributed by atoms with Crippen molar-refractivity contribution in [3.63, 3.8) is 0 Å². The normalized spacial score (nSPS) is 6.25. The van der Waals surface area contributed by atoms with Crippen LogP contribution in [0.25, 0.3) is 0 Å². The third-order valence-electron chi connectivity index (χ3n) is 1.60. The van der Waals surface area contributed by atoms with Crippen LogP contribution in [0.4, 0.5) is 11.4 Å². The van der Waals surface area contributed by atoms with Gasteiger partial charge in [-0.15, -0.1) is 0 Å². The lowest BCUT2D eigenvalue weighted by molar-refractivity contribution is 1.50. The summed E-state index contributed by atoms with van der Waals surface area (Å²) in [6, 6.07) is 19.0. The van der Waals surface area contributed by atoms with Gasteiger partial charge in [-0.2, -0.15) is 0 Å². The molecule has 0 atom stereocenters. The summed E-state index contributed by atoms with van der Waals surface area (Å²) in [5.74, 6) is 0. The Morgan fingerprint density at radius 1 is 0.375 bits per heavy atom. The van der Waals surface area contributed by atoms with Gasteiger partial charge in [0.25, 0.3) is 0 Å². The fourth-order valence-electron chi connectivity index (χ4n) is 0.906.